The standard InChI is InChI=1S/C25H29NO6/c1-6-31-23-14-24-20(13-18(23)16(2)11-25(27)26-9-10-28-3)21(15-32-24)19-12-17(29-4)7-8-22(19)30-5/h7-8,11-15H,6,9-10H2,1-5H3,(H,26,27)/b16-11+. The van der Waals surface area contributed by atoms with Gasteiger partial charge in [-0.3, -0.25) is 4.79 Å². The van der Waals surface area contributed by atoms with Crippen LogP contribution in [0.5, 0.6) is 17.2 Å². The topological polar surface area (TPSA) is 79.2 Å². The molecule has 0 saturated carbocycles. The molecule has 7 nitrogen and oxygen atoms in total. The lowest BCUT2D eigenvalue weighted by atomic mass is 9.98. The largest absolute Gasteiger partial charge is 0.497 e. The predicted octanol–water partition coefficient (Wildman–Crippen LogP) is 4.68. The molecule has 1 heterocycles. The number of furan rings is 1. The Kier molecular flexibility index (Phi) is 7.78. The van der Waals surface area contributed by atoms with Crippen LogP contribution in [0.1, 0.15) is 19.4 Å². The lowest BCUT2D eigenvalue weighted by Gasteiger charge is -2.13. The van der Waals surface area contributed by atoms with E-state index in [-0.39, 0.29) is 5.91 Å². The summed E-state index contributed by atoms with van der Waals surface area (Å²) in [6.45, 7) is 5.18. The first-order valence-electron chi connectivity index (χ1n) is 10.4. The molecule has 170 valence electrons. The fraction of sp³-hybridized carbons (Fsp3) is 0.320. The van der Waals surface area contributed by atoms with E-state index in [1.165, 1.54) is 0 Å². The van der Waals surface area contributed by atoms with Crippen molar-refractivity contribution in [2.45, 2.75) is 13.8 Å². The fourth-order valence-electron chi connectivity index (χ4n) is 3.47. The molecule has 0 bridgehead atoms. The van der Waals surface area contributed by atoms with E-state index in [2.05, 4.69) is 5.32 Å². The van der Waals surface area contributed by atoms with Gasteiger partial charge in [0, 0.05) is 47.9 Å². The Morgan fingerprint density at radius 3 is 2.56 bits per heavy atom. The quantitative estimate of drug-likeness (QED) is 0.365. The molecule has 7 heteroatoms. The van der Waals surface area contributed by atoms with Gasteiger partial charge in [0.1, 0.15) is 22.8 Å². The molecule has 2 aromatic carbocycles. The van der Waals surface area contributed by atoms with Crippen LogP contribution >= 0.6 is 0 Å². The van der Waals surface area contributed by atoms with Crippen molar-refractivity contribution in [3.05, 3.63) is 48.2 Å². The lowest BCUT2D eigenvalue weighted by Crippen LogP contribution is -2.25. The first-order valence-corrected chi connectivity index (χ1v) is 10.4. The summed E-state index contributed by atoms with van der Waals surface area (Å²) >= 11 is 0. The van der Waals surface area contributed by atoms with Gasteiger partial charge in [0.25, 0.3) is 0 Å². The van der Waals surface area contributed by atoms with Gasteiger partial charge in [-0.1, -0.05) is 0 Å². The molecule has 0 aliphatic heterocycles. The summed E-state index contributed by atoms with van der Waals surface area (Å²) in [6, 6.07) is 9.44. The first kappa shape index (κ1) is 23.2. The number of fused-ring (bicyclic) bond motifs is 1. The van der Waals surface area contributed by atoms with E-state index in [9.17, 15) is 4.79 Å². The highest BCUT2D eigenvalue weighted by molar-refractivity contribution is 6.01. The average molecular weight is 440 g/mol. The van der Waals surface area contributed by atoms with Crippen LogP contribution < -0.4 is 19.5 Å². The van der Waals surface area contributed by atoms with E-state index in [0.717, 1.165) is 27.6 Å². The van der Waals surface area contributed by atoms with E-state index in [0.29, 0.717) is 42.6 Å². The summed E-state index contributed by atoms with van der Waals surface area (Å²) in [5.74, 6) is 1.87. The van der Waals surface area contributed by atoms with Gasteiger partial charge in [-0.15, -0.1) is 0 Å². The van der Waals surface area contributed by atoms with Crippen molar-refractivity contribution >= 4 is 22.4 Å². The molecule has 0 radical (unpaired) electrons. The monoisotopic (exact) mass is 439 g/mol. The molecule has 0 saturated heterocycles. The molecule has 0 fully saturated rings. The maximum atomic E-state index is 12.3. The molecule has 3 aromatic rings. The maximum Gasteiger partial charge on any atom is 0.244 e. The van der Waals surface area contributed by atoms with Gasteiger partial charge in [0.05, 0.1) is 33.7 Å². The van der Waals surface area contributed by atoms with Crippen molar-refractivity contribution < 1.29 is 28.2 Å². The summed E-state index contributed by atoms with van der Waals surface area (Å²) in [5.41, 5.74) is 3.97. The van der Waals surface area contributed by atoms with Crippen LogP contribution in [0.25, 0.3) is 27.7 Å². The molecule has 3 rings (SSSR count). The Morgan fingerprint density at radius 1 is 1.06 bits per heavy atom. The number of hydrogen-bond acceptors (Lipinski definition) is 6. The zero-order chi connectivity index (χ0) is 23.1. The number of carbonyl (C=O) groups excluding carboxylic acids is 1. The number of carbonyl (C=O) groups is 1. The van der Waals surface area contributed by atoms with Crippen LogP contribution in [-0.2, 0) is 9.53 Å². The number of methoxy groups -OCH3 is 3. The number of ether oxygens (including phenoxy) is 4. The fourth-order valence-corrected chi connectivity index (χ4v) is 3.47. The summed E-state index contributed by atoms with van der Waals surface area (Å²) in [4.78, 5) is 12.3. The predicted molar refractivity (Wildman–Crippen MR) is 124 cm³/mol. The minimum atomic E-state index is -0.191. The van der Waals surface area contributed by atoms with Crippen molar-refractivity contribution in [3.8, 4) is 28.4 Å². The number of nitrogens with one attached hydrogen (secondary N) is 1. The smallest absolute Gasteiger partial charge is 0.244 e. The zero-order valence-electron chi connectivity index (χ0n) is 19.1. The highest BCUT2D eigenvalue weighted by atomic mass is 16.5. The van der Waals surface area contributed by atoms with Gasteiger partial charge in [-0.05, 0) is 43.7 Å². The third kappa shape index (κ3) is 5.06. The number of rotatable bonds is 10. The third-order valence-electron chi connectivity index (χ3n) is 5.05. The SMILES string of the molecule is CCOc1cc2occ(-c3cc(OC)ccc3OC)c2cc1/C(C)=C/C(=O)NCCOC. The normalized spacial score (nSPS) is 11.5. The van der Waals surface area contributed by atoms with Gasteiger partial charge in [-0.25, -0.2) is 0 Å². The number of allylic oxidation sites excluding steroid dienone is 1. The Bertz CT molecular complexity index is 1120. The Labute approximate surface area is 187 Å². The van der Waals surface area contributed by atoms with Crippen molar-refractivity contribution in [3.63, 3.8) is 0 Å². The summed E-state index contributed by atoms with van der Waals surface area (Å²) in [7, 11) is 4.84. The van der Waals surface area contributed by atoms with Crippen molar-refractivity contribution in [2.24, 2.45) is 0 Å². The molecule has 1 amide bonds. The zero-order valence-corrected chi connectivity index (χ0v) is 19.1. The number of benzene rings is 2. The van der Waals surface area contributed by atoms with Crippen LogP contribution in [0.4, 0.5) is 0 Å². The van der Waals surface area contributed by atoms with Crippen molar-refractivity contribution in [1.82, 2.24) is 5.32 Å². The average Bonchev–Trinajstić information content (AvgIpc) is 3.21. The van der Waals surface area contributed by atoms with E-state index >= 15 is 0 Å². The molecule has 0 atom stereocenters. The third-order valence-corrected chi connectivity index (χ3v) is 5.05. The molecular weight excluding hydrogens is 410 g/mol. The summed E-state index contributed by atoms with van der Waals surface area (Å²) in [6.07, 6.45) is 3.25. The minimum absolute atomic E-state index is 0.191. The van der Waals surface area contributed by atoms with Crippen LogP contribution in [0, 0.1) is 0 Å². The highest BCUT2D eigenvalue weighted by Gasteiger charge is 2.18. The summed E-state index contributed by atoms with van der Waals surface area (Å²) in [5, 5.41) is 3.68. The second kappa shape index (κ2) is 10.7. The Morgan fingerprint density at radius 2 is 1.88 bits per heavy atom. The maximum absolute atomic E-state index is 12.3. The Hall–Kier alpha value is -3.45. The Balaban J connectivity index is 2.10. The van der Waals surface area contributed by atoms with Gasteiger partial charge >= 0.3 is 0 Å². The second-order valence-electron chi connectivity index (χ2n) is 7.10. The second-order valence-corrected chi connectivity index (χ2v) is 7.10. The minimum Gasteiger partial charge on any atom is -0.497 e. The van der Waals surface area contributed by atoms with Crippen LogP contribution in [0.15, 0.2) is 47.1 Å². The first-order chi connectivity index (χ1) is 15.5. The van der Waals surface area contributed by atoms with Gasteiger partial charge in [0.15, 0.2) is 0 Å². The molecule has 0 aliphatic rings. The summed E-state index contributed by atoms with van der Waals surface area (Å²) < 4.78 is 27.6. The molecule has 0 unspecified atom stereocenters. The number of amides is 1. The molecule has 0 aliphatic carbocycles. The molecule has 0 spiro atoms. The van der Waals surface area contributed by atoms with Crippen LogP contribution in [-0.4, -0.2) is 47.0 Å². The van der Waals surface area contributed by atoms with Crippen molar-refractivity contribution in [1.29, 1.82) is 0 Å². The molecular formula is C25H29NO6. The lowest BCUT2D eigenvalue weighted by molar-refractivity contribution is -0.116. The number of hydrogen-bond donors (Lipinski definition) is 1. The van der Waals surface area contributed by atoms with E-state index in [1.54, 1.807) is 33.7 Å². The van der Waals surface area contributed by atoms with E-state index in [4.69, 9.17) is 23.4 Å². The van der Waals surface area contributed by atoms with Crippen LogP contribution in [0.3, 0.4) is 0 Å². The van der Waals surface area contributed by atoms with Crippen molar-refractivity contribution in [2.75, 3.05) is 41.1 Å². The van der Waals surface area contributed by atoms with Gasteiger partial charge < -0.3 is 28.7 Å². The van der Waals surface area contributed by atoms with Gasteiger partial charge in [-0.2, -0.15) is 0 Å². The highest BCUT2D eigenvalue weighted by Crippen LogP contribution is 2.41. The van der Waals surface area contributed by atoms with E-state index < -0.39 is 0 Å². The van der Waals surface area contributed by atoms with E-state index in [1.807, 2.05) is 44.2 Å². The van der Waals surface area contributed by atoms with Crippen LogP contribution in [0.2, 0.25) is 0 Å². The molecule has 1 aromatic heterocycles. The molecule has 1 N–H and O–H groups in total. The molecule has 32 heavy (non-hydrogen) atoms. The van der Waals surface area contributed by atoms with Gasteiger partial charge in [0.2, 0.25) is 5.91 Å².